The Morgan fingerprint density at radius 1 is 0.181 bits per heavy atom. The quantitative estimate of drug-likeness (QED) is 0.117. The lowest BCUT2D eigenvalue weighted by molar-refractivity contribution is 0.665. The van der Waals surface area contributed by atoms with Gasteiger partial charge in [-0.2, -0.15) is 0 Å². The molecule has 5 heterocycles. The van der Waals surface area contributed by atoms with E-state index in [0.29, 0.717) is 0 Å². The molecule has 0 unspecified atom stereocenters. The maximum absolute atomic E-state index is 6.68. The second-order valence-corrected chi connectivity index (χ2v) is 39.5. The SMILES string of the molecule is Cc1cc2ccccc2c2c1oc1ccc(Nc3ccccc3)cc12.Cc1ccc(Cc2c3ccccc3cc3c2oc2c(-c4ccccc4)cccc23)cc1.Cc1ccc(Cc2cccc3c2oc2c(-c4ccccc4)c4ccccc4cc23)cc1.Cc1cccc(Cc2c3ccccc3cc3c2oc2c(-c4ccccc4)cccc23)c1.Cc1cccc(Cc2cccc3c2oc2c(-c4ccccc4)c4ccccc4cc23)c1. The van der Waals surface area contributed by atoms with E-state index < -0.39 is 0 Å². The van der Waals surface area contributed by atoms with Crippen molar-refractivity contribution in [2.45, 2.75) is 60.3 Å². The molecule has 0 aliphatic rings. The number of nitrogens with one attached hydrogen (secondary N) is 1. The lowest BCUT2D eigenvalue weighted by atomic mass is 9.94. The third-order valence-electron chi connectivity index (χ3n) is 29.4. The van der Waals surface area contributed by atoms with Crippen molar-refractivity contribution < 1.29 is 22.1 Å². The van der Waals surface area contributed by atoms with Crippen LogP contribution in [0.3, 0.4) is 0 Å². The van der Waals surface area contributed by atoms with Crippen LogP contribution < -0.4 is 5.32 Å². The Hall–Kier alpha value is -18.6. The van der Waals surface area contributed by atoms with Gasteiger partial charge in [-0.15, -0.1) is 0 Å². The first-order valence-corrected chi connectivity index (χ1v) is 51.4. The van der Waals surface area contributed by atoms with Gasteiger partial charge < -0.3 is 27.4 Å². The van der Waals surface area contributed by atoms with Crippen LogP contribution in [0.1, 0.15) is 72.3 Å². The van der Waals surface area contributed by atoms with E-state index in [0.717, 1.165) is 109 Å². The Balaban J connectivity index is 0.0000000968. The van der Waals surface area contributed by atoms with Crippen LogP contribution in [-0.4, -0.2) is 0 Å². The monoisotopic (exact) mass is 1920 g/mol. The molecule has 5 aromatic heterocycles. The fourth-order valence-corrected chi connectivity index (χ4v) is 22.2. The number of hydrogen-bond donors (Lipinski definition) is 1. The number of aryl methyl sites for hydroxylation is 5. The summed E-state index contributed by atoms with van der Waals surface area (Å²) in [6.07, 6.45) is 3.41. The van der Waals surface area contributed by atoms with Crippen LogP contribution in [0.25, 0.3) is 208 Å². The van der Waals surface area contributed by atoms with E-state index in [1.165, 1.54) is 208 Å². The molecule has 149 heavy (non-hydrogen) atoms. The number of para-hydroxylation sites is 5. The number of hydrogen-bond acceptors (Lipinski definition) is 6. The molecule has 0 spiro atoms. The van der Waals surface area contributed by atoms with Gasteiger partial charge in [0.25, 0.3) is 0 Å². The van der Waals surface area contributed by atoms with E-state index in [1.54, 1.807) is 0 Å². The third kappa shape index (κ3) is 18.0. The van der Waals surface area contributed by atoms with Crippen molar-refractivity contribution in [1.82, 2.24) is 0 Å². The highest BCUT2D eigenvalue weighted by Crippen LogP contribution is 2.49. The first-order valence-electron chi connectivity index (χ1n) is 51.4. The van der Waals surface area contributed by atoms with Gasteiger partial charge in [-0.3, -0.25) is 0 Å². The van der Waals surface area contributed by atoms with Crippen molar-refractivity contribution in [3.05, 3.63) is 564 Å². The molecule has 0 aliphatic carbocycles. The summed E-state index contributed by atoms with van der Waals surface area (Å²) in [6.45, 7) is 10.7. The van der Waals surface area contributed by atoms with Crippen LogP contribution >= 0.6 is 0 Å². The molecule has 0 aliphatic heterocycles. The molecule has 6 heteroatoms. The molecule has 29 aromatic rings. The van der Waals surface area contributed by atoms with Crippen molar-refractivity contribution in [1.29, 1.82) is 0 Å². The van der Waals surface area contributed by atoms with E-state index in [2.05, 4.69) is 513 Å². The first kappa shape index (κ1) is 91.6. The van der Waals surface area contributed by atoms with Crippen LogP contribution in [-0.2, 0) is 25.7 Å². The Morgan fingerprint density at radius 2 is 0.523 bits per heavy atom. The largest absolute Gasteiger partial charge is 0.456 e. The smallest absolute Gasteiger partial charge is 0.143 e. The summed E-state index contributed by atoms with van der Waals surface area (Å²) in [5.74, 6) is 0. The number of benzene rings is 24. The summed E-state index contributed by atoms with van der Waals surface area (Å²) in [5.41, 5.74) is 37.7. The van der Waals surface area contributed by atoms with E-state index in [4.69, 9.17) is 22.1 Å². The average Bonchev–Trinajstić information content (AvgIpc) is 1.60. The molecule has 29 rings (SSSR count). The molecule has 0 saturated heterocycles. The van der Waals surface area contributed by atoms with Crippen LogP contribution in [0.5, 0.6) is 0 Å². The van der Waals surface area contributed by atoms with Gasteiger partial charge in [0.2, 0.25) is 0 Å². The van der Waals surface area contributed by atoms with Gasteiger partial charge >= 0.3 is 0 Å². The summed E-state index contributed by atoms with van der Waals surface area (Å²) in [4.78, 5) is 0. The first-order chi connectivity index (χ1) is 73.4. The molecule has 6 nitrogen and oxygen atoms in total. The van der Waals surface area contributed by atoms with Gasteiger partial charge in [0.05, 0.1) is 0 Å². The zero-order chi connectivity index (χ0) is 99.9. The highest BCUT2D eigenvalue weighted by atomic mass is 16.3. The van der Waals surface area contributed by atoms with Crippen molar-refractivity contribution in [2.75, 3.05) is 5.32 Å². The predicted molar refractivity (Wildman–Crippen MR) is 628 cm³/mol. The molecule has 712 valence electrons. The van der Waals surface area contributed by atoms with E-state index in [-0.39, 0.29) is 0 Å². The topological polar surface area (TPSA) is 77.7 Å². The van der Waals surface area contributed by atoms with Gasteiger partial charge in [0.15, 0.2) is 0 Å². The highest BCUT2D eigenvalue weighted by Gasteiger charge is 2.26. The number of fused-ring (bicyclic) bond motifs is 21. The molecule has 0 amide bonds. The predicted octanol–water partition coefficient (Wildman–Crippen LogP) is 40.0. The fraction of sp³-hybridized carbons (Fsp3) is 0.0629. The van der Waals surface area contributed by atoms with Crippen molar-refractivity contribution in [3.8, 4) is 44.5 Å². The van der Waals surface area contributed by atoms with Gasteiger partial charge in [0, 0.05) is 124 Å². The van der Waals surface area contributed by atoms with Crippen LogP contribution in [0.15, 0.2) is 513 Å². The number of rotatable bonds is 14. The summed E-state index contributed by atoms with van der Waals surface area (Å²) >= 11 is 0. The summed E-state index contributed by atoms with van der Waals surface area (Å²) < 4.78 is 32.9. The van der Waals surface area contributed by atoms with Crippen molar-refractivity contribution in [2.24, 2.45) is 0 Å². The molecule has 24 aromatic carbocycles. The van der Waals surface area contributed by atoms with Crippen LogP contribution in [0.4, 0.5) is 11.4 Å². The van der Waals surface area contributed by atoms with Crippen molar-refractivity contribution >= 4 is 175 Å². The Kier molecular flexibility index (Phi) is 24.5. The average molecular weight is 1920 g/mol. The molecule has 0 bridgehead atoms. The van der Waals surface area contributed by atoms with Crippen LogP contribution in [0.2, 0.25) is 0 Å². The highest BCUT2D eigenvalue weighted by molar-refractivity contribution is 6.23. The summed E-state index contributed by atoms with van der Waals surface area (Å²) in [6, 6.07) is 174. The summed E-state index contributed by atoms with van der Waals surface area (Å²) in [7, 11) is 0. The van der Waals surface area contributed by atoms with Crippen LogP contribution in [0, 0.1) is 34.6 Å². The number of anilines is 2. The van der Waals surface area contributed by atoms with E-state index in [9.17, 15) is 0 Å². The minimum Gasteiger partial charge on any atom is -0.456 e. The zero-order valence-corrected chi connectivity index (χ0v) is 83.6. The normalized spacial score (nSPS) is 11.5. The third-order valence-corrected chi connectivity index (χ3v) is 29.4. The minimum atomic E-state index is 0.846. The molecular weight excluding hydrogens is 1810 g/mol. The van der Waals surface area contributed by atoms with Gasteiger partial charge in [-0.1, -0.05) is 453 Å². The number of furan rings is 5. The molecular formula is C143H105NO5. The minimum absolute atomic E-state index is 0.846. The molecule has 0 fully saturated rings. The van der Waals surface area contributed by atoms with E-state index >= 15 is 0 Å². The molecule has 0 saturated carbocycles. The maximum atomic E-state index is 6.68. The maximum Gasteiger partial charge on any atom is 0.143 e. The Bertz CT molecular complexity index is 10100. The Labute approximate surface area is 864 Å². The van der Waals surface area contributed by atoms with Gasteiger partial charge in [-0.25, -0.2) is 0 Å². The van der Waals surface area contributed by atoms with Gasteiger partial charge in [-0.05, 0) is 210 Å². The van der Waals surface area contributed by atoms with E-state index in [1.807, 2.05) is 18.2 Å². The van der Waals surface area contributed by atoms with Gasteiger partial charge in [0.1, 0.15) is 55.8 Å². The fourth-order valence-electron chi connectivity index (χ4n) is 22.2. The molecule has 1 N–H and O–H groups in total. The molecule has 0 radical (unpaired) electrons. The summed E-state index contributed by atoms with van der Waals surface area (Å²) in [5, 5.41) is 27.7. The Morgan fingerprint density at radius 3 is 0.980 bits per heavy atom. The standard InChI is InChI=1S/4C30H22O.C23H17NO/c1-20-9-7-10-21(17-20)18-24-14-8-16-26-27-19-23-13-5-6-15-25(23)28(30(27)31-29(24)26)22-11-3-2-4-12-22;1-20-9-7-10-21(17-20)18-27-24-14-6-5-13-23(24)19-28-26-16-8-15-25(29(26)31-30(27)28)22-11-3-2-4-12-22;1-20-14-16-21(17-15-20)18-24-11-7-13-26-27-19-23-10-5-6-12-25(23)28(30(27)31-29(24)26)22-8-3-2-4-9-22;1-20-14-16-21(17-15-20)18-27-24-11-6-5-10-23(24)19-28-26-13-7-12-25(29(26)31-30(27)28)22-8-3-2-4-9-22;1-15-13-16-7-5-6-10-19(16)22-20-14-18(11-12-21(20)25-23(15)22)24-17-8-3-2-4-9-17/h4*2-17,19H,18H2,1H3;2-14,24H,1H3. The second-order valence-electron chi connectivity index (χ2n) is 39.5. The lowest BCUT2D eigenvalue weighted by Crippen LogP contribution is -1.92. The lowest BCUT2D eigenvalue weighted by Gasteiger charge is -2.09. The second kappa shape index (κ2) is 39.8. The van der Waals surface area contributed by atoms with Crippen molar-refractivity contribution in [3.63, 3.8) is 0 Å². The zero-order valence-electron chi connectivity index (χ0n) is 83.6. The molecule has 0 atom stereocenters.